The molecule has 4 aromatic rings. The lowest BCUT2D eigenvalue weighted by Crippen LogP contribution is -2.15. The van der Waals surface area contributed by atoms with Gasteiger partial charge in [0.1, 0.15) is 6.33 Å². The van der Waals surface area contributed by atoms with Crippen LogP contribution in [0.3, 0.4) is 0 Å². The van der Waals surface area contributed by atoms with E-state index in [0.717, 1.165) is 0 Å². The van der Waals surface area contributed by atoms with Gasteiger partial charge in [0.2, 0.25) is 5.95 Å². The molecule has 4 rings (SSSR count). The van der Waals surface area contributed by atoms with Crippen LogP contribution in [0.25, 0.3) is 0 Å². The van der Waals surface area contributed by atoms with Crippen molar-refractivity contribution in [2.24, 2.45) is 0 Å². The van der Waals surface area contributed by atoms with E-state index >= 15 is 0 Å². The van der Waals surface area contributed by atoms with Crippen molar-refractivity contribution >= 4 is 58.3 Å². The van der Waals surface area contributed by atoms with E-state index in [0.29, 0.717) is 37.9 Å². The van der Waals surface area contributed by atoms with Crippen molar-refractivity contribution in [2.45, 2.75) is 13.3 Å². The Morgan fingerprint density at radius 1 is 0.906 bits per heavy atom. The van der Waals surface area contributed by atoms with Crippen molar-refractivity contribution in [3.63, 3.8) is 0 Å². The van der Waals surface area contributed by atoms with Crippen LogP contribution < -0.4 is 10.1 Å². The molecular weight excluding hydrogens is 498 g/mol. The number of amides is 1. The smallest absolute Gasteiger partial charge is 0.278 e. The Labute approximate surface area is 202 Å². The molecule has 2 aromatic heterocycles. The highest BCUT2D eigenvalue weighted by molar-refractivity contribution is 6.37. The van der Waals surface area contributed by atoms with Crippen LogP contribution in [0.4, 0.5) is 5.95 Å². The highest BCUT2D eigenvalue weighted by atomic mass is 35.5. The molecule has 1 amide bonds. The zero-order valence-corrected chi connectivity index (χ0v) is 19.2. The molecule has 1 N–H and O–H groups in total. The summed E-state index contributed by atoms with van der Waals surface area (Å²) in [6.45, 7) is 0.320. The molecule has 0 radical (unpaired) electrons. The molecule has 0 spiro atoms. The maximum atomic E-state index is 12.5. The molecule has 0 aliphatic heterocycles. The van der Waals surface area contributed by atoms with Crippen LogP contribution in [0.5, 0.6) is 5.75 Å². The number of carbonyl (C=O) groups is 1. The van der Waals surface area contributed by atoms with E-state index in [9.17, 15) is 4.79 Å². The standard InChI is InChI=1S/C20H14Cl4N6O2/c21-13-3-1-4-14(22)12(13)9-30-10-25-20(28-30)26-19(31)17-7-8-29(27-17)11-32-18-15(23)5-2-6-16(18)24/h1-8,10H,9,11H2,(H,26,28,31). The maximum Gasteiger partial charge on any atom is 0.278 e. The topological polar surface area (TPSA) is 86.9 Å². The van der Waals surface area contributed by atoms with Gasteiger partial charge < -0.3 is 4.74 Å². The SMILES string of the molecule is O=C(Nc1ncn(Cc2c(Cl)cccc2Cl)n1)c1ccn(COc2c(Cl)cccc2Cl)n1. The highest BCUT2D eigenvalue weighted by Crippen LogP contribution is 2.32. The van der Waals surface area contributed by atoms with Gasteiger partial charge in [-0.25, -0.2) is 14.3 Å². The molecule has 0 aliphatic rings. The quantitative estimate of drug-likeness (QED) is 0.357. The van der Waals surface area contributed by atoms with Gasteiger partial charge in [-0.05, 0) is 30.3 Å². The fraction of sp³-hybridized carbons (Fsp3) is 0.100. The second-order valence-electron chi connectivity index (χ2n) is 6.48. The predicted molar refractivity (Wildman–Crippen MR) is 123 cm³/mol. The van der Waals surface area contributed by atoms with Gasteiger partial charge in [-0.15, -0.1) is 5.10 Å². The number of anilines is 1. The van der Waals surface area contributed by atoms with Crippen LogP contribution in [0.1, 0.15) is 16.1 Å². The molecule has 0 bridgehead atoms. The number of nitrogens with zero attached hydrogens (tertiary/aromatic N) is 5. The number of hydrogen-bond donors (Lipinski definition) is 1. The van der Waals surface area contributed by atoms with Crippen molar-refractivity contribution in [1.29, 1.82) is 0 Å². The number of hydrogen-bond acceptors (Lipinski definition) is 5. The first kappa shape index (κ1) is 22.4. The van der Waals surface area contributed by atoms with Crippen molar-refractivity contribution in [2.75, 3.05) is 5.32 Å². The summed E-state index contributed by atoms with van der Waals surface area (Å²) in [5.41, 5.74) is 0.861. The summed E-state index contributed by atoms with van der Waals surface area (Å²) in [6, 6.07) is 11.8. The van der Waals surface area contributed by atoms with E-state index in [-0.39, 0.29) is 18.4 Å². The zero-order valence-electron chi connectivity index (χ0n) is 16.2. The first-order valence-corrected chi connectivity index (χ1v) is 10.7. The Morgan fingerprint density at radius 3 is 2.25 bits per heavy atom. The minimum absolute atomic E-state index is 0.0161. The van der Waals surface area contributed by atoms with E-state index in [1.165, 1.54) is 21.8 Å². The fourth-order valence-corrected chi connectivity index (χ4v) is 3.77. The molecule has 0 fully saturated rings. The van der Waals surface area contributed by atoms with Crippen molar-refractivity contribution in [3.05, 3.63) is 86.3 Å². The van der Waals surface area contributed by atoms with Gasteiger partial charge in [0, 0.05) is 21.8 Å². The average Bonchev–Trinajstić information content (AvgIpc) is 3.40. The fourth-order valence-electron chi connectivity index (χ4n) is 2.74. The van der Waals surface area contributed by atoms with Crippen molar-refractivity contribution in [1.82, 2.24) is 24.5 Å². The predicted octanol–water partition coefficient (Wildman–Crippen LogP) is 5.43. The highest BCUT2D eigenvalue weighted by Gasteiger charge is 2.14. The van der Waals surface area contributed by atoms with E-state index in [1.807, 2.05) is 0 Å². The second kappa shape index (κ2) is 9.79. The third-order valence-corrected chi connectivity index (χ3v) is 5.58. The molecule has 2 aromatic carbocycles. The monoisotopic (exact) mass is 510 g/mol. The van der Waals surface area contributed by atoms with Crippen LogP contribution in [0, 0.1) is 0 Å². The number of ether oxygens (including phenoxy) is 1. The van der Waals surface area contributed by atoms with Gasteiger partial charge in [-0.2, -0.15) is 5.10 Å². The molecule has 12 heteroatoms. The van der Waals surface area contributed by atoms with E-state index < -0.39 is 5.91 Å². The van der Waals surface area contributed by atoms with Crippen LogP contribution in [-0.4, -0.2) is 30.5 Å². The van der Waals surface area contributed by atoms with Gasteiger partial charge >= 0.3 is 0 Å². The minimum atomic E-state index is -0.479. The first-order valence-electron chi connectivity index (χ1n) is 9.14. The van der Waals surface area contributed by atoms with E-state index in [2.05, 4.69) is 20.5 Å². The lowest BCUT2D eigenvalue weighted by Gasteiger charge is -2.09. The van der Waals surface area contributed by atoms with Gasteiger partial charge in [-0.1, -0.05) is 58.5 Å². The maximum absolute atomic E-state index is 12.5. The summed E-state index contributed by atoms with van der Waals surface area (Å²) in [5.74, 6) is -0.0226. The Balaban J connectivity index is 1.37. The summed E-state index contributed by atoms with van der Waals surface area (Å²) >= 11 is 24.5. The second-order valence-corrected chi connectivity index (χ2v) is 8.11. The Bertz CT molecular complexity index is 1230. The minimum Gasteiger partial charge on any atom is -0.468 e. The third kappa shape index (κ3) is 5.16. The lowest BCUT2D eigenvalue weighted by atomic mass is 10.2. The molecule has 164 valence electrons. The summed E-state index contributed by atoms with van der Waals surface area (Å²) in [5, 5.41) is 12.8. The molecule has 0 saturated carbocycles. The Kier molecular flexibility index (Phi) is 6.86. The molecule has 0 atom stereocenters. The van der Waals surface area contributed by atoms with Crippen LogP contribution in [0.15, 0.2) is 55.0 Å². The number of halogens is 4. The number of benzene rings is 2. The summed E-state index contributed by atoms with van der Waals surface area (Å²) in [7, 11) is 0. The van der Waals surface area contributed by atoms with Gasteiger partial charge in [-0.3, -0.25) is 10.1 Å². The Morgan fingerprint density at radius 2 is 1.56 bits per heavy atom. The van der Waals surface area contributed by atoms with Crippen LogP contribution >= 0.6 is 46.4 Å². The third-order valence-electron chi connectivity index (χ3n) is 4.28. The summed E-state index contributed by atoms with van der Waals surface area (Å²) in [6.07, 6.45) is 3.06. The first-order chi connectivity index (χ1) is 15.4. The number of rotatable bonds is 7. The van der Waals surface area contributed by atoms with Gasteiger partial charge in [0.05, 0.1) is 16.6 Å². The molecule has 0 aliphatic carbocycles. The van der Waals surface area contributed by atoms with Gasteiger partial charge in [0.25, 0.3) is 5.91 Å². The van der Waals surface area contributed by atoms with Crippen LogP contribution in [0.2, 0.25) is 20.1 Å². The molecular formula is C20H14Cl4N6O2. The lowest BCUT2D eigenvalue weighted by molar-refractivity contribution is 0.101. The zero-order chi connectivity index (χ0) is 22.7. The Hall–Kier alpha value is -2.78. The van der Waals surface area contributed by atoms with E-state index in [1.54, 1.807) is 42.6 Å². The molecule has 8 nitrogen and oxygen atoms in total. The average molecular weight is 512 g/mol. The molecule has 0 unspecified atom stereocenters. The summed E-state index contributed by atoms with van der Waals surface area (Å²) < 4.78 is 8.55. The van der Waals surface area contributed by atoms with Crippen molar-refractivity contribution in [3.8, 4) is 5.75 Å². The summed E-state index contributed by atoms with van der Waals surface area (Å²) in [4.78, 5) is 16.6. The molecule has 2 heterocycles. The largest absolute Gasteiger partial charge is 0.468 e. The number of nitrogens with one attached hydrogen (secondary N) is 1. The van der Waals surface area contributed by atoms with Crippen LogP contribution in [-0.2, 0) is 13.3 Å². The molecule has 0 saturated heterocycles. The normalized spacial score (nSPS) is 10.9. The van der Waals surface area contributed by atoms with Gasteiger partial charge in [0.15, 0.2) is 18.2 Å². The molecule has 32 heavy (non-hydrogen) atoms. The number of para-hydroxylation sites is 1. The van der Waals surface area contributed by atoms with E-state index in [4.69, 9.17) is 51.1 Å². The van der Waals surface area contributed by atoms with Crippen molar-refractivity contribution < 1.29 is 9.53 Å². The number of aromatic nitrogens is 5. The number of carbonyl (C=O) groups excluding carboxylic acids is 1.